The van der Waals surface area contributed by atoms with E-state index in [4.69, 9.17) is 0 Å². The molecule has 0 saturated carbocycles. The largest absolute Gasteiger partial charge is 0.309 e. The van der Waals surface area contributed by atoms with Gasteiger partial charge < -0.3 is 9.13 Å². The lowest BCUT2D eigenvalue weighted by Crippen LogP contribution is -2.11. The first-order valence-electron chi connectivity index (χ1n) is 17.2. The van der Waals surface area contributed by atoms with Gasteiger partial charge in [0.1, 0.15) is 0 Å². The molecule has 0 amide bonds. The summed E-state index contributed by atoms with van der Waals surface area (Å²) in [4.78, 5) is 0. The van der Waals surface area contributed by atoms with Gasteiger partial charge in [-0.2, -0.15) is 0 Å². The Balaban J connectivity index is 1.39. The molecule has 6 aromatic carbocycles. The Kier molecular flexibility index (Phi) is 6.76. The lowest BCUT2D eigenvalue weighted by atomic mass is 9.86. The molecule has 8 rings (SSSR count). The van der Waals surface area contributed by atoms with E-state index < -0.39 is 0 Å². The lowest BCUT2D eigenvalue weighted by Gasteiger charge is -2.21. The second-order valence-corrected chi connectivity index (χ2v) is 15.6. The van der Waals surface area contributed by atoms with Gasteiger partial charge in [-0.1, -0.05) is 126 Å². The van der Waals surface area contributed by atoms with Crippen molar-refractivity contribution < 1.29 is 0 Å². The molecule has 238 valence electrons. The molecule has 8 aromatic rings. The number of para-hydroxylation sites is 2. The average molecular weight is 625 g/mol. The summed E-state index contributed by atoms with van der Waals surface area (Å²) in [5.74, 6) is 0. The van der Waals surface area contributed by atoms with Crippen molar-refractivity contribution in [2.75, 3.05) is 0 Å². The van der Waals surface area contributed by atoms with E-state index in [9.17, 15) is 0 Å². The molecule has 0 unspecified atom stereocenters. The molecular weight excluding hydrogens is 581 g/mol. The summed E-state index contributed by atoms with van der Waals surface area (Å²) in [5.41, 5.74) is 15.3. The maximum absolute atomic E-state index is 2.53. The van der Waals surface area contributed by atoms with Crippen LogP contribution in [0.2, 0.25) is 0 Å². The van der Waals surface area contributed by atoms with Crippen LogP contribution in [0.4, 0.5) is 0 Å². The molecule has 2 nitrogen and oxygen atoms in total. The predicted molar refractivity (Wildman–Crippen MR) is 207 cm³/mol. The Labute approximate surface area is 284 Å². The monoisotopic (exact) mass is 624 g/mol. The second kappa shape index (κ2) is 10.7. The molecule has 0 bridgehead atoms. The van der Waals surface area contributed by atoms with Crippen molar-refractivity contribution in [2.45, 2.75) is 66.2 Å². The van der Waals surface area contributed by atoms with Gasteiger partial charge in [-0.25, -0.2) is 0 Å². The molecule has 2 heteroatoms. The standard InChI is InChI=1S/C46H44N2/c1-29-33(17-13-21-39(29)47-41-19-11-9-15-35(41)36-16-10-12-20-42(36)47)34-18-14-22-40(30(34)2)48-43-27-31(45(3,4)5)23-25-37(43)38-26-24-32(28-44(38)48)46(6,7)8/h9-28H,1-8H3. The summed E-state index contributed by atoms with van der Waals surface area (Å²) in [6.07, 6.45) is 0. The fourth-order valence-electron chi connectivity index (χ4n) is 7.71. The van der Waals surface area contributed by atoms with Crippen LogP contribution in [0.5, 0.6) is 0 Å². The summed E-state index contributed by atoms with van der Waals surface area (Å²) in [6.45, 7) is 18.4. The van der Waals surface area contributed by atoms with Crippen LogP contribution >= 0.6 is 0 Å². The Morgan fingerprint density at radius 2 is 0.750 bits per heavy atom. The zero-order valence-corrected chi connectivity index (χ0v) is 29.4. The van der Waals surface area contributed by atoms with Crippen molar-refractivity contribution in [3.05, 3.63) is 144 Å². The molecule has 0 N–H and O–H groups in total. The maximum Gasteiger partial charge on any atom is 0.0544 e. The van der Waals surface area contributed by atoms with Gasteiger partial charge in [-0.05, 0) is 94.5 Å². The van der Waals surface area contributed by atoms with Crippen molar-refractivity contribution >= 4 is 43.6 Å². The highest BCUT2D eigenvalue weighted by atomic mass is 15.0. The van der Waals surface area contributed by atoms with E-state index in [2.05, 4.69) is 186 Å². The van der Waals surface area contributed by atoms with E-state index in [-0.39, 0.29) is 10.8 Å². The maximum atomic E-state index is 2.53. The lowest BCUT2D eigenvalue weighted by molar-refractivity contribution is 0.591. The third-order valence-electron chi connectivity index (χ3n) is 10.5. The van der Waals surface area contributed by atoms with E-state index in [1.807, 2.05) is 0 Å². The molecule has 0 aliphatic rings. The molecule has 2 aromatic heterocycles. The fourth-order valence-corrected chi connectivity index (χ4v) is 7.71. The zero-order valence-electron chi connectivity index (χ0n) is 29.4. The first-order valence-corrected chi connectivity index (χ1v) is 17.2. The van der Waals surface area contributed by atoms with Crippen LogP contribution in [0.3, 0.4) is 0 Å². The summed E-state index contributed by atoms with van der Waals surface area (Å²) < 4.78 is 4.97. The van der Waals surface area contributed by atoms with Gasteiger partial charge in [0.15, 0.2) is 0 Å². The Morgan fingerprint density at radius 3 is 1.17 bits per heavy atom. The van der Waals surface area contributed by atoms with E-state index in [1.54, 1.807) is 0 Å². The molecule has 0 spiro atoms. The van der Waals surface area contributed by atoms with Gasteiger partial charge in [-0.15, -0.1) is 0 Å². The van der Waals surface area contributed by atoms with Crippen LogP contribution in [-0.4, -0.2) is 9.13 Å². The van der Waals surface area contributed by atoms with Gasteiger partial charge in [0, 0.05) is 32.9 Å². The minimum atomic E-state index is 0.0489. The highest BCUT2D eigenvalue weighted by Gasteiger charge is 2.23. The molecular formula is C46H44N2. The zero-order chi connectivity index (χ0) is 33.5. The molecule has 0 aliphatic heterocycles. The van der Waals surface area contributed by atoms with Crippen molar-refractivity contribution in [2.24, 2.45) is 0 Å². The topological polar surface area (TPSA) is 9.86 Å². The minimum Gasteiger partial charge on any atom is -0.309 e. The summed E-state index contributed by atoms with van der Waals surface area (Å²) in [7, 11) is 0. The van der Waals surface area contributed by atoms with Crippen LogP contribution < -0.4 is 0 Å². The van der Waals surface area contributed by atoms with Gasteiger partial charge >= 0.3 is 0 Å². The van der Waals surface area contributed by atoms with Crippen molar-refractivity contribution in [3.8, 4) is 22.5 Å². The van der Waals surface area contributed by atoms with Gasteiger partial charge in [0.2, 0.25) is 0 Å². The van der Waals surface area contributed by atoms with Gasteiger partial charge in [-0.3, -0.25) is 0 Å². The first kappa shape index (κ1) is 30.3. The van der Waals surface area contributed by atoms with E-state index >= 15 is 0 Å². The number of nitrogens with zero attached hydrogens (tertiary/aromatic N) is 2. The number of hydrogen-bond acceptors (Lipinski definition) is 0. The normalized spacial score (nSPS) is 12.6. The van der Waals surface area contributed by atoms with Crippen LogP contribution in [0.25, 0.3) is 66.1 Å². The van der Waals surface area contributed by atoms with E-state index in [0.29, 0.717) is 0 Å². The molecule has 0 saturated heterocycles. The third-order valence-corrected chi connectivity index (χ3v) is 10.5. The number of rotatable bonds is 3. The minimum absolute atomic E-state index is 0.0489. The van der Waals surface area contributed by atoms with Crippen molar-refractivity contribution in [1.29, 1.82) is 0 Å². The number of hydrogen-bond donors (Lipinski definition) is 0. The van der Waals surface area contributed by atoms with Crippen LogP contribution in [-0.2, 0) is 10.8 Å². The molecule has 0 aliphatic carbocycles. The fraction of sp³-hybridized carbons (Fsp3) is 0.217. The van der Waals surface area contributed by atoms with Crippen LogP contribution in [0, 0.1) is 13.8 Å². The summed E-state index contributed by atoms with van der Waals surface area (Å²) >= 11 is 0. The second-order valence-electron chi connectivity index (χ2n) is 15.6. The smallest absolute Gasteiger partial charge is 0.0544 e. The Morgan fingerprint density at radius 1 is 0.375 bits per heavy atom. The summed E-state index contributed by atoms with van der Waals surface area (Å²) in [6, 6.07) is 45.3. The average Bonchev–Trinajstić information content (AvgIpc) is 3.57. The van der Waals surface area contributed by atoms with E-state index in [1.165, 1.54) is 88.4 Å². The number of aromatic nitrogens is 2. The third kappa shape index (κ3) is 4.61. The highest BCUT2D eigenvalue weighted by Crippen LogP contribution is 2.41. The Hall–Kier alpha value is -5.08. The molecule has 0 fully saturated rings. The SMILES string of the molecule is Cc1c(-c2cccc(-n3c4cc(C(C)(C)C)ccc4c4ccc(C(C)(C)C)cc43)c2C)cccc1-n1c2ccccc2c2ccccc21. The first-order chi connectivity index (χ1) is 22.9. The predicted octanol–water partition coefficient (Wildman–Crippen LogP) is 12.8. The van der Waals surface area contributed by atoms with E-state index in [0.717, 1.165) is 0 Å². The van der Waals surface area contributed by atoms with Crippen molar-refractivity contribution in [1.82, 2.24) is 9.13 Å². The van der Waals surface area contributed by atoms with Crippen LogP contribution in [0.15, 0.2) is 121 Å². The Bertz CT molecular complexity index is 2410. The summed E-state index contributed by atoms with van der Waals surface area (Å²) in [5, 5.41) is 5.17. The van der Waals surface area contributed by atoms with Crippen molar-refractivity contribution in [3.63, 3.8) is 0 Å². The number of fused-ring (bicyclic) bond motifs is 6. The van der Waals surface area contributed by atoms with Gasteiger partial charge in [0.05, 0.1) is 22.1 Å². The number of benzene rings is 6. The highest BCUT2D eigenvalue weighted by molar-refractivity contribution is 6.11. The van der Waals surface area contributed by atoms with Gasteiger partial charge in [0.25, 0.3) is 0 Å². The van der Waals surface area contributed by atoms with Crippen LogP contribution in [0.1, 0.15) is 63.8 Å². The quantitative estimate of drug-likeness (QED) is 0.185. The molecule has 0 radical (unpaired) electrons. The molecule has 2 heterocycles. The molecule has 48 heavy (non-hydrogen) atoms. The molecule has 0 atom stereocenters.